The number of hydrogen-bond donors (Lipinski definition) is 0. The molecule has 0 bridgehead atoms. The molecule has 1 atom stereocenters. The third-order valence-corrected chi connectivity index (χ3v) is 2.25. The summed E-state index contributed by atoms with van der Waals surface area (Å²) in [6.07, 6.45) is -2.78. The van der Waals surface area contributed by atoms with Crippen LogP contribution in [0.1, 0.15) is 11.8 Å². The van der Waals surface area contributed by atoms with E-state index in [9.17, 15) is 14.9 Å². The lowest BCUT2D eigenvalue weighted by Gasteiger charge is -2.10. The Bertz CT molecular complexity index is 487. The number of nitro groups is 1. The van der Waals surface area contributed by atoms with Gasteiger partial charge in [0.15, 0.2) is 11.5 Å². The minimum atomic E-state index is -1.65. The van der Waals surface area contributed by atoms with Gasteiger partial charge in [-0.2, -0.15) is 0 Å². The van der Waals surface area contributed by atoms with Gasteiger partial charge in [-0.25, -0.2) is 4.79 Å². The van der Waals surface area contributed by atoms with Crippen LogP contribution >= 0.6 is 0 Å². The van der Waals surface area contributed by atoms with Crippen molar-refractivity contribution in [1.82, 2.24) is 0 Å². The van der Waals surface area contributed by atoms with Gasteiger partial charge in [-0.15, -0.1) is 0 Å². The maximum absolute atomic E-state index is 10.9. The molecule has 1 unspecified atom stereocenters. The predicted molar refractivity (Wildman–Crippen MR) is 55.8 cm³/mol. The van der Waals surface area contributed by atoms with Crippen LogP contribution in [0.15, 0.2) is 18.2 Å². The molecule has 1 aliphatic heterocycles. The van der Waals surface area contributed by atoms with Crippen LogP contribution in [-0.4, -0.2) is 25.0 Å². The highest BCUT2D eigenvalue weighted by Crippen LogP contribution is 2.35. The van der Waals surface area contributed by atoms with Gasteiger partial charge in [-0.05, 0) is 18.2 Å². The van der Waals surface area contributed by atoms with Crippen LogP contribution in [0.3, 0.4) is 0 Å². The van der Waals surface area contributed by atoms with Crippen LogP contribution in [0.5, 0.6) is 11.5 Å². The van der Waals surface area contributed by atoms with Gasteiger partial charge in [0.1, 0.15) is 0 Å². The van der Waals surface area contributed by atoms with Crippen LogP contribution in [0.2, 0.25) is 0 Å². The Morgan fingerprint density at radius 1 is 1.44 bits per heavy atom. The first-order valence-corrected chi connectivity index (χ1v) is 4.89. The first-order chi connectivity index (χ1) is 8.61. The van der Waals surface area contributed by atoms with Gasteiger partial charge in [0.25, 0.3) is 0 Å². The van der Waals surface area contributed by atoms with Crippen molar-refractivity contribution in [1.29, 1.82) is 0 Å². The second-order valence-corrected chi connectivity index (χ2v) is 3.32. The standard InChI is InChI=1S/C10H9NO7/c1-15-10(12)18-9(11(13)14)6-2-3-7-8(4-6)17-5-16-7/h2-4,9H,5H2,1H3. The van der Waals surface area contributed by atoms with E-state index in [0.29, 0.717) is 11.5 Å². The van der Waals surface area contributed by atoms with E-state index in [4.69, 9.17) is 9.47 Å². The van der Waals surface area contributed by atoms with Gasteiger partial charge in [0.2, 0.25) is 6.79 Å². The fourth-order valence-corrected chi connectivity index (χ4v) is 1.44. The molecule has 1 aliphatic rings. The predicted octanol–water partition coefficient (Wildman–Crippen LogP) is 1.47. The Balaban J connectivity index is 2.25. The van der Waals surface area contributed by atoms with Gasteiger partial charge in [-0.1, -0.05) is 0 Å². The summed E-state index contributed by atoms with van der Waals surface area (Å²) in [5.41, 5.74) is 0.162. The molecule has 0 spiro atoms. The Morgan fingerprint density at radius 3 is 2.83 bits per heavy atom. The number of methoxy groups -OCH3 is 1. The molecular formula is C10H9NO7. The third kappa shape index (κ3) is 2.26. The molecular weight excluding hydrogens is 246 g/mol. The highest BCUT2D eigenvalue weighted by molar-refractivity contribution is 5.60. The zero-order chi connectivity index (χ0) is 13.1. The van der Waals surface area contributed by atoms with Gasteiger partial charge in [0, 0.05) is 0 Å². The lowest BCUT2D eigenvalue weighted by molar-refractivity contribution is -0.576. The molecule has 0 saturated carbocycles. The zero-order valence-corrected chi connectivity index (χ0v) is 9.32. The van der Waals surface area contributed by atoms with E-state index in [1.54, 1.807) is 0 Å². The number of benzene rings is 1. The van der Waals surface area contributed by atoms with E-state index in [-0.39, 0.29) is 12.4 Å². The topological polar surface area (TPSA) is 97.1 Å². The number of carbonyl (C=O) groups excluding carboxylic acids is 1. The molecule has 8 heteroatoms. The fraction of sp³-hybridized carbons (Fsp3) is 0.300. The number of hydrogen-bond acceptors (Lipinski definition) is 7. The number of nitrogens with zero attached hydrogens (tertiary/aromatic N) is 1. The molecule has 1 aromatic rings. The molecule has 0 fully saturated rings. The van der Waals surface area contributed by atoms with Crippen molar-refractivity contribution in [3.8, 4) is 11.5 Å². The van der Waals surface area contributed by atoms with E-state index >= 15 is 0 Å². The zero-order valence-electron chi connectivity index (χ0n) is 9.32. The second kappa shape index (κ2) is 4.78. The van der Waals surface area contributed by atoms with E-state index in [1.807, 2.05) is 0 Å². The summed E-state index contributed by atoms with van der Waals surface area (Å²) >= 11 is 0. The van der Waals surface area contributed by atoms with Crippen LogP contribution in [-0.2, 0) is 9.47 Å². The molecule has 18 heavy (non-hydrogen) atoms. The van der Waals surface area contributed by atoms with Crippen LogP contribution in [0, 0.1) is 10.1 Å². The number of carbonyl (C=O) groups is 1. The second-order valence-electron chi connectivity index (χ2n) is 3.32. The maximum Gasteiger partial charge on any atom is 0.513 e. The summed E-state index contributed by atoms with van der Waals surface area (Å²) in [6, 6.07) is 4.32. The van der Waals surface area contributed by atoms with Gasteiger partial charge in [-0.3, -0.25) is 10.1 Å². The highest BCUT2D eigenvalue weighted by Gasteiger charge is 2.29. The van der Waals surface area contributed by atoms with Gasteiger partial charge >= 0.3 is 12.4 Å². The molecule has 1 heterocycles. The molecule has 0 aromatic heterocycles. The number of fused-ring (bicyclic) bond motifs is 1. The summed E-state index contributed by atoms with van der Waals surface area (Å²) < 4.78 is 18.9. The fourth-order valence-electron chi connectivity index (χ4n) is 1.44. The molecule has 2 rings (SSSR count). The average molecular weight is 255 g/mol. The van der Waals surface area contributed by atoms with Crippen molar-refractivity contribution in [2.45, 2.75) is 6.23 Å². The monoisotopic (exact) mass is 255 g/mol. The third-order valence-electron chi connectivity index (χ3n) is 2.25. The lowest BCUT2D eigenvalue weighted by Crippen LogP contribution is -2.18. The molecule has 0 saturated heterocycles. The largest absolute Gasteiger partial charge is 0.513 e. The van der Waals surface area contributed by atoms with Gasteiger partial charge in [0.05, 0.1) is 17.6 Å². The Labute approximate surface area is 101 Å². The summed E-state index contributed by atoms with van der Waals surface area (Å²) in [7, 11) is 1.07. The highest BCUT2D eigenvalue weighted by atomic mass is 16.8. The summed E-state index contributed by atoms with van der Waals surface area (Å²) in [4.78, 5) is 21.0. The first kappa shape index (κ1) is 12.0. The molecule has 96 valence electrons. The number of rotatable bonds is 3. The molecule has 0 radical (unpaired) electrons. The maximum atomic E-state index is 10.9. The molecule has 8 nitrogen and oxygen atoms in total. The normalized spacial score (nSPS) is 13.8. The van der Waals surface area contributed by atoms with E-state index in [1.165, 1.54) is 18.2 Å². The van der Waals surface area contributed by atoms with Crippen molar-refractivity contribution in [3.05, 3.63) is 33.9 Å². The van der Waals surface area contributed by atoms with Crippen molar-refractivity contribution >= 4 is 6.16 Å². The van der Waals surface area contributed by atoms with Gasteiger partial charge < -0.3 is 18.9 Å². The summed E-state index contributed by atoms with van der Waals surface area (Å²) in [6.45, 7) is 0.0553. The Morgan fingerprint density at radius 2 is 2.17 bits per heavy atom. The molecule has 0 aliphatic carbocycles. The Hall–Kier alpha value is -2.51. The van der Waals surface area contributed by atoms with E-state index < -0.39 is 17.3 Å². The number of ether oxygens (including phenoxy) is 4. The quantitative estimate of drug-likeness (QED) is 0.349. The van der Waals surface area contributed by atoms with Crippen molar-refractivity contribution in [2.24, 2.45) is 0 Å². The Kier molecular flexibility index (Phi) is 3.18. The van der Waals surface area contributed by atoms with Crippen LogP contribution < -0.4 is 9.47 Å². The van der Waals surface area contributed by atoms with Crippen LogP contribution in [0.4, 0.5) is 4.79 Å². The average Bonchev–Trinajstić information content (AvgIpc) is 2.82. The summed E-state index contributed by atoms with van der Waals surface area (Å²) in [5, 5.41) is 10.9. The van der Waals surface area contributed by atoms with E-state index in [0.717, 1.165) is 7.11 Å². The minimum Gasteiger partial charge on any atom is -0.454 e. The molecule has 1 aromatic carbocycles. The van der Waals surface area contributed by atoms with Crippen molar-refractivity contribution < 1.29 is 28.7 Å². The van der Waals surface area contributed by atoms with Crippen molar-refractivity contribution in [2.75, 3.05) is 13.9 Å². The molecule has 0 amide bonds. The van der Waals surface area contributed by atoms with Crippen LogP contribution in [0.25, 0.3) is 0 Å². The molecule has 0 N–H and O–H groups in total. The SMILES string of the molecule is COC(=O)OC(c1ccc2c(c1)OCO2)[N+](=O)[O-]. The van der Waals surface area contributed by atoms with E-state index in [2.05, 4.69) is 9.47 Å². The first-order valence-electron chi connectivity index (χ1n) is 4.89. The van der Waals surface area contributed by atoms with Crippen molar-refractivity contribution in [3.63, 3.8) is 0 Å². The lowest BCUT2D eigenvalue weighted by atomic mass is 10.2. The smallest absolute Gasteiger partial charge is 0.454 e. The summed E-state index contributed by atoms with van der Waals surface area (Å²) in [5.74, 6) is 0.853. The minimum absolute atomic E-state index is 0.0553.